The first-order valence-corrected chi connectivity index (χ1v) is 3.76. The molecule has 1 atom stereocenters. The number of rotatable bonds is 0. The number of hydrogen-bond acceptors (Lipinski definition) is 4. The summed E-state index contributed by atoms with van der Waals surface area (Å²) in [7, 11) is 0. The summed E-state index contributed by atoms with van der Waals surface area (Å²) in [5, 5.41) is 0. The Bertz CT molecular complexity index is 297. The van der Waals surface area contributed by atoms with Gasteiger partial charge < -0.3 is 10.5 Å². The lowest BCUT2D eigenvalue weighted by Crippen LogP contribution is -2.42. The van der Waals surface area contributed by atoms with E-state index in [1.807, 2.05) is 0 Å². The molecule has 0 radical (unpaired) electrons. The maximum atomic E-state index is 11.3. The molecule has 1 heterocycles. The zero-order valence-electron chi connectivity index (χ0n) is 6.37. The highest BCUT2D eigenvalue weighted by molar-refractivity contribution is 6.17. The van der Waals surface area contributed by atoms with Crippen LogP contribution in [0.3, 0.4) is 0 Å². The van der Waals surface area contributed by atoms with Crippen molar-refractivity contribution < 1.29 is 14.3 Å². The summed E-state index contributed by atoms with van der Waals surface area (Å²) in [6.07, 6.45) is 1.47. The van der Waals surface area contributed by atoms with Gasteiger partial charge in [0.25, 0.3) is 6.02 Å². The van der Waals surface area contributed by atoms with Gasteiger partial charge in [-0.3, -0.25) is 9.59 Å². The number of amides is 1. The van der Waals surface area contributed by atoms with Gasteiger partial charge in [0.05, 0.1) is 0 Å². The fourth-order valence-electron chi connectivity index (χ4n) is 1.61. The summed E-state index contributed by atoms with van der Waals surface area (Å²) in [5.74, 6) is -0.737. The predicted molar refractivity (Wildman–Crippen MR) is 39.3 cm³/mol. The van der Waals surface area contributed by atoms with Gasteiger partial charge in [0.15, 0.2) is 5.78 Å². The SMILES string of the molecule is NC1=NC(=O)C2(CCCC2=O)O1. The monoisotopic (exact) mass is 168 g/mol. The predicted octanol–water partition coefficient (Wildman–Crippen LogP) is -0.650. The van der Waals surface area contributed by atoms with Crippen LogP contribution in [-0.4, -0.2) is 23.3 Å². The first-order valence-electron chi connectivity index (χ1n) is 3.76. The number of aliphatic imine (C=N–C) groups is 1. The molecule has 0 aromatic heterocycles. The van der Waals surface area contributed by atoms with E-state index in [4.69, 9.17) is 10.5 Å². The number of carbonyl (C=O) groups is 2. The molecule has 2 aliphatic rings. The maximum Gasteiger partial charge on any atom is 0.302 e. The molecular weight excluding hydrogens is 160 g/mol. The number of ketones is 1. The normalized spacial score (nSPS) is 34.2. The molecule has 1 spiro atoms. The molecule has 0 bridgehead atoms. The van der Waals surface area contributed by atoms with Gasteiger partial charge in [-0.1, -0.05) is 0 Å². The summed E-state index contributed by atoms with van der Waals surface area (Å²) in [6.45, 7) is 0. The largest absolute Gasteiger partial charge is 0.440 e. The minimum absolute atomic E-state index is 0.185. The third-order valence-electron chi connectivity index (χ3n) is 2.22. The molecule has 2 rings (SSSR count). The Morgan fingerprint density at radius 2 is 2.25 bits per heavy atom. The molecule has 1 aliphatic carbocycles. The third-order valence-corrected chi connectivity index (χ3v) is 2.22. The molecule has 5 nitrogen and oxygen atoms in total. The van der Waals surface area contributed by atoms with Crippen LogP contribution in [0.4, 0.5) is 0 Å². The van der Waals surface area contributed by atoms with E-state index in [1.54, 1.807) is 0 Å². The van der Waals surface area contributed by atoms with Crippen molar-refractivity contribution in [1.29, 1.82) is 0 Å². The minimum atomic E-state index is -1.33. The summed E-state index contributed by atoms with van der Waals surface area (Å²) in [4.78, 5) is 25.9. The van der Waals surface area contributed by atoms with Crippen molar-refractivity contribution in [3.8, 4) is 0 Å². The van der Waals surface area contributed by atoms with Crippen molar-refractivity contribution in [1.82, 2.24) is 0 Å². The highest BCUT2D eigenvalue weighted by Gasteiger charge is 2.54. The Labute approximate surface area is 68.6 Å². The van der Waals surface area contributed by atoms with E-state index in [9.17, 15) is 9.59 Å². The highest BCUT2D eigenvalue weighted by Crippen LogP contribution is 2.33. The highest BCUT2D eigenvalue weighted by atomic mass is 16.5. The second kappa shape index (κ2) is 2.06. The number of Topliss-reactive ketones (excluding diaryl/α,β-unsaturated/α-hetero) is 1. The topological polar surface area (TPSA) is 81.8 Å². The van der Waals surface area contributed by atoms with Crippen LogP contribution in [-0.2, 0) is 14.3 Å². The number of nitrogens with two attached hydrogens (primary N) is 1. The van der Waals surface area contributed by atoms with Crippen LogP contribution in [0.15, 0.2) is 4.99 Å². The molecule has 1 unspecified atom stereocenters. The van der Waals surface area contributed by atoms with E-state index in [0.29, 0.717) is 19.3 Å². The van der Waals surface area contributed by atoms with Crippen molar-refractivity contribution in [2.24, 2.45) is 10.7 Å². The van der Waals surface area contributed by atoms with Crippen molar-refractivity contribution in [3.05, 3.63) is 0 Å². The van der Waals surface area contributed by atoms with Crippen LogP contribution < -0.4 is 5.73 Å². The van der Waals surface area contributed by atoms with E-state index in [0.717, 1.165) is 0 Å². The van der Waals surface area contributed by atoms with E-state index in [-0.39, 0.29) is 11.8 Å². The number of amidine groups is 1. The fraction of sp³-hybridized carbons (Fsp3) is 0.571. The number of carbonyl (C=O) groups excluding carboxylic acids is 2. The van der Waals surface area contributed by atoms with E-state index >= 15 is 0 Å². The Kier molecular flexibility index (Phi) is 1.25. The van der Waals surface area contributed by atoms with Gasteiger partial charge in [-0.2, -0.15) is 4.99 Å². The Morgan fingerprint density at radius 3 is 2.67 bits per heavy atom. The average Bonchev–Trinajstić information content (AvgIpc) is 2.44. The van der Waals surface area contributed by atoms with Crippen molar-refractivity contribution in [3.63, 3.8) is 0 Å². The smallest absolute Gasteiger partial charge is 0.302 e. The molecule has 12 heavy (non-hydrogen) atoms. The lowest BCUT2D eigenvalue weighted by atomic mass is 10.0. The Balaban J connectivity index is 2.36. The van der Waals surface area contributed by atoms with E-state index in [1.165, 1.54) is 0 Å². The summed E-state index contributed by atoms with van der Waals surface area (Å²) >= 11 is 0. The molecule has 1 aliphatic heterocycles. The zero-order valence-corrected chi connectivity index (χ0v) is 6.37. The van der Waals surface area contributed by atoms with Gasteiger partial charge in [0.1, 0.15) is 0 Å². The molecule has 0 saturated heterocycles. The van der Waals surface area contributed by atoms with Gasteiger partial charge in [-0.05, 0) is 6.42 Å². The summed E-state index contributed by atoms with van der Waals surface area (Å²) < 4.78 is 4.96. The van der Waals surface area contributed by atoms with E-state index < -0.39 is 11.5 Å². The summed E-state index contributed by atoms with van der Waals surface area (Å²) in [5.41, 5.74) is 3.87. The lowest BCUT2D eigenvalue weighted by molar-refractivity contribution is -0.142. The Hall–Kier alpha value is -1.39. The van der Waals surface area contributed by atoms with Crippen LogP contribution in [0.1, 0.15) is 19.3 Å². The molecule has 0 aromatic carbocycles. The second-order valence-corrected chi connectivity index (χ2v) is 2.96. The Morgan fingerprint density at radius 1 is 1.50 bits per heavy atom. The van der Waals surface area contributed by atoms with Crippen molar-refractivity contribution in [2.45, 2.75) is 24.9 Å². The molecule has 0 aromatic rings. The van der Waals surface area contributed by atoms with Gasteiger partial charge >= 0.3 is 5.91 Å². The second-order valence-electron chi connectivity index (χ2n) is 2.96. The first kappa shape index (κ1) is 7.27. The first-order chi connectivity index (χ1) is 5.65. The van der Waals surface area contributed by atoms with E-state index in [2.05, 4.69) is 4.99 Å². The molecule has 1 amide bonds. The molecule has 1 saturated carbocycles. The third kappa shape index (κ3) is 0.704. The van der Waals surface area contributed by atoms with Crippen molar-refractivity contribution >= 4 is 17.7 Å². The lowest BCUT2D eigenvalue weighted by Gasteiger charge is -2.16. The van der Waals surface area contributed by atoms with Crippen LogP contribution in [0, 0.1) is 0 Å². The quantitative estimate of drug-likeness (QED) is 0.487. The number of nitrogens with zero attached hydrogens (tertiary/aromatic N) is 1. The molecule has 64 valence electrons. The standard InChI is InChI=1S/C7H8N2O3/c8-6-9-5(11)7(12-6)3-1-2-4(7)10/h1-3H2,(H2,8,9,11). The number of ether oxygens (including phenoxy) is 1. The van der Waals surface area contributed by atoms with Gasteiger partial charge in [0, 0.05) is 12.8 Å². The maximum absolute atomic E-state index is 11.3. The average molecular weight is 168 g/mol. The molecule has 1 fully saturated rings. The van der Waals surface area contributed by atoms with Crippen LogP contribution in [0.25, 0.3) is 0 Å². The van der Waals surface area contributed by atoms with Gasteiger partial charge in [-0.15, -0.1) is 0 Å². The molecular formula is C7H8N2O3. The van der Waals surface area contributed by atoms with Gasteiger partial charge in [-0.25, -0.2) is 0 Å². The van der Waals surface area contributed by atoms with Crippen LogP contribution >= 0.6 is 0 Å². The minimum Gasteiger partial charge on any atom is -0.440 e. The van der Waals surface area contributed by atoms with Gasteiger partial charge in [0.2, 0.25) is 5.60 Å². The fourth-order valence-corrected chi connectivity index (χ4v) is 1.61. The molecule has 5 heteroatoms. The van der Waals surface area contributed by atoms with Crippen molar-refractivity contribution in [2.75, 3.05) is 0 Å². The van der Waals surface area contributed by atoms with Crippen LogP contribution in [0.5, 0.6) is 0 Å². The molecule has 2 N–H and O–H groups in total. The van der Waals surface area contributed by atoms with Crippen LogP contribution in [0.2, 0.25) is 0 Å². The zero-order chi connectivity index (χ0) is 8.77. The summed E-state index contributed by atoms with van der Waals surface area (Å²) in [6, 6.07) is -0.185. The number of hydrogen-bond donors (Lipinski definition) is 1.